The molecule has 16 heavy (non-hydrogen) atoms. The molecule has 0 radical (unpaired) electrons. The average molecular weight is 242 g/mol. The molecular formula is C9H17F3N2O2. The summed E-state index contributed by atoms with van der Waals surface area (Å²) < 4.78 is 38.8. The van der Waals surface area contributed by atoms with E-state index >= 15 is 0 Å². The standard InChI is InChI=1S/C9H17F3N2O2/c1-14(6-16-9(10,11)12)3-2-7-4-8(15)5-13-7/h7-8,13,15H,2-6H2,1H3. The van der Waals surface area contributed by atoms with Crippen molar-refractivity contribution in [2.75, 3.05) is 26.9 Å². The number of halogens is 3. The van der Waals surface area contributed by atoms with Gasteiger partial charge < -0.3 is 10.4 Å². The Morgan fingerprint density at radius 1 is 1.50 bits per heavy atom. The van der Waals surface area contributed by atoms with Gasteiger partial charge in [-0.05, 0) is 19.9 Å². The number of aliphatic hydroxyl groups excluding tert-OH is 1. The second kappa shape index (κ2) is 5.81. The Morgan fingerprint density at radius 2 is 2.19 bits per heavy atom. The molecule has 4 nitrogen and oxygen atoms in total. The van der Waals surface area contributed by atoms with E-state index in [9.17, 15) is 18.3 Å². The predicted octanol–water partition coefficient (Wildman–Crippen LogP) is 0.525. The number of hydrogen-bond donors (Lipinski definition) is 2. The van der Waals surface area contributed by atoms with E-state index in [1.165, 1.54) is 4.90 Å². The van der Waals surface area contributed by atoms with Crippen molar-refractivity contribution >= 4 is 0 Å². The number of aliphatic hydroxyl groups is 1. The molecule has 0 aromatic carbocycles. The summed E-state index contributed by atoms with van der Waals surface area (Å²) in [6.45, 7) is 0.604. The van der Waals surface area contributed by atoms with Crippen molar-refractivity contribution < 1.29 is 23.0 Å². The van der Waals surface area contributed by atoms with Crippen LogP contribution in [0.5, 0.6) is 0 Å². The molecule has 7 heteroatoms. The highest BCUT2D eigenvalue weighted by atomic mass is 19.4. The third-order valence-electron chi connectivity index (χ3n) is 2.51. The monoisotopic (exact) mass is 242 g/mol. The van der Waals surface area contributed by atoms with Gasteiger partial charge in [-0.2, -0.15) is 0 Å². The fourth-order valence-corrected chi connectivity index (χ4v) is 1.64. The molecule has 0 aliphatic carbocycles. The third kappa shape index (κ3) is 5.64. The first-order valence-electron chi connectivity index (χ1n) is 5.17. The van der Waals surface area contributed by atoms with Crippen LogP contribution >= 0.6 is 0 Å². The molecular weight excluding hydrogens is 225 g/mol. The van der Waals surface area contributed by atoms with Crippen molar-refractivity contribution in [1.82, 2.24) is 10.2 Å². The van der Waals surface area contributed by atoms with E-state index in [1.54, 1.807) is 7.05 Å². The molecule has 2 N–H and O–H groups in total. The molecule has 0 spiro atoms. The van der Waals surface area contributed by atoms with Gasteiger partial charge in [0.25, 0.3) is 0 Å². The highest BCUT2D eigenvalue weighted by Gasteiger charge is 2.29. The van der Waals surface area contributed by atoms with Crippen LogP contribution in [0, 0.1) is 0 Å². The van der Waals surface area contributed by atoms with E-state index in [0.29, 0.717) is 25.9 Å². The fraction of sp³-hybridized carbons (Fsp3) is 1.00. The molecule has 0 aromatic rings. The molecule has 1 rings (SSSR count). The van der Waals surface area contributed by atoms with Crippen LogP contribution in [0.2, 0.25) is 0 Å². The smallest absolute Gasteiger partial charge is 0.392 e. The van der Waals surface area contributed by atoms with Crippen LogP contribution in [0.4, 0.5) is 13.2 Å². The van der Waals surface area contributed by atoms with E-state index in [1.807, 2.05) is 0 Å². The second-order valence-electron chi connectivity index (χ2n) is 4.08. The van der Waals surface area contributed by atoms with Gasteiger partial charge in [-0.15, -0.1) is 13.2 Å². The SMILES string of the molecule is CN(CCC1CC(O)CN1)COC(F)(F)F. The lowest BCUT2D eigenvalue weighted by Crippen LogP contribution is -2.31. The van der Waals surface area contributed by atoms with Gasteiger partial charge in [0.05, 0.1) is 6.10 Å². The topological polar surface area (TPSA) is 44.7 Å². The zero-order valence-electron chi connectivity index (χ0n) is 9.13. The first-order chi connectivity index (χ1) is 7.37. The Hall–Kier alpha value is -0.370. The van der Waals surface area contributed by atoms with Gasteiger partial charge in [0.1, 0.15) is 6.73 Å². The molecule has 2 unspecified atom stereocenters. The van der Waals surface area contributed by atoms with Crippen molar-refractivity contribution in [1.29, 1.82) is 0 Å². The molecule has 1 fully saturated rings. The van der Waals surface area contributed by atoms with E-state index in [-0.39, 0.29) is 12.1 Å². The molecule has 0 aromatic heterocycles. The summed E-state index contributed by atoms with van der Waals surface area (Å²) in [5.74, 6) is 0. The normalized spacial score (nSPS) is 26.6. The van der Waals surface area contributed by atoms with E-state index in [0.717, 1.165) is 0 Å². The maximum atomic E-state index is 11.7. The van der Waals surface area contributed by atoms with Crippen molar-refractivity contribution in [2.45, 2.75) is 31.3 Å². The number of rotatable bonds is 5. The second-order valence-corrected chi connectivity index (χ2v) is 4.08. The predicted molar refractivity (Wildman–Crippen MR) is 51.7 cm³/mol. The van der Waals surface area contributed by atoms with Crippen LogP contribution < -0.4 is 5.32 Å². The molecule has 1 aliphatic heterocycles. The van der Waals surface area contributed by atoms with Gasteiger partial charge in [0, 0.05) is 19.1 Å². The van der Waals surface area contributed by atoms with Crippen LogP contribution in [-0.4, -0.2) is 55.4 Å². The minimum Gasteiger partial charge on any atom is -0.392 e. The molecule has 1 heterocycles. The Bertz CT molecular complexity index is 213. The molecule has 1 saturated heterocycles. The summed E-state index contributed by atoms with van der Waals surface area (Å²) in [7, 11) is 1.57. The minimum absolute atomic E-state index is 0.184. The number of β-amino-alcohol motifs (C(OH)–C–C–N with tert-alkyl or cyclic N) is 1. The quantitative estimate of drug-likeness (QED) is 0.690. The van der Waals surface area contributed by atoms with E-state index in [2.05, 4.69) is 10.1 Å². The van der Waals surface area contributed by atoms with Crippen molar-refractivity contribution in [3.05, 3.63) is 0 Å². The van der Waals surface area contributed by atoms with Crippen molar-refractivity contribution in [2.24, 2.45) is 0 Å². The summed E-state index contributed by atoms with van der Waals surface area (Å²) in [6.07, 6.45) is -3.54. The number of nitrogens with one attached hydrogen (secondary N) is 1. The first-order valence-corrected chi connectivity index (χ1v) is 5.17. The Morgan fingerprint density at radius 3 is 2.69 bits per heavy atom. The van der Waals surface area contributed by atoms with Crippen LogP contribution in [0.3, 0.4) is 0 Å². The number of ether oxygens (including phenoxy) is 1. The Labute approximate surface area is 92.4 Å². The molecule has 1 aliphatic rings. The van der Waals surface area contributed by atoms with Gasteiger partial charge in [0.2, 0.25) is 0 Å². The van der Waals surface area contributed by atoms with Gasteiger partial charge in [-0.25, -0.2) is 0 Å². The van der Waals surface area contributed by atoms with Crippen LogP contribution in [-0.2, 0) is 4.74 Å². The van der Waals surface area contributed by atoms with Crippen molar-refractivity contribution in [3.8, 4) is 0 Å². The molecule has 0 amide bonds. The third-order valence-corrected chi connectivity index (χ3v) is 2.51. The zero-order chi connectivity index (χ0) is 12.2. The average Bonchev–Trinajstić information content (AvgIpc) is 2.57. The summed E-state index contributed by atoms with van der Waals surface area (Å²) >= 11 is 0. The summed E-state index contributed by atoms with van der Waals surface area (Å²) in [4.78, 5) is 1.46. The summed E-state index contributed by atoms with van der Waals surface area (Å²) in [5, 5.41) is 12.3. The van der Waals surface area contributed by atoms with Crippen LogP contribution in [0.15, 0.2) is 0 Å². The Kier molecular flexibility index (Phi) is 4.97. The largest absolute Gasteiger partial charge is 0.523 e. The highest BCUT2D eigenvalue weighted by molar-refractivity contribution is 4.81. The van der Waals surface area contributed by atoms with Gasteiger partial charge in [-0.3, -0.25) is 9.64 Å². The van der Waals surface area contributed by atoms with Gasteiger partial charge in [-0.1, -0.05) is 0 Å². The maximum absolute atomic E-state index is 11.7. The minimum atomic E-state index is -4.57. The summed E-state index contributed by atoms with van der Waals surface area (Å²) in [5.41, 5.74) is 0. The molecule has 0 bridgehead atoms. The highest BCUT2D eigenvalue weighted by Crippen LogP contribution is 2.16. The molecule has 0 saturated carbocycles. The zero-order valence-corrected chi connectivity index (χ0v) is 9.13. The number of nitrogens with zero attached hydrogens (tertiary/aromatic N) is 1. The molecule has 96 valence electrons. The van der Waals surface area contributed by atoms with E-state index < -0.39 is 13.1 Å². The number of alkyl halides is 3. The van der Waals surface area contributed by atoms with Crippen molar-refractivity contribution in [3.63, 3.8) is 0 Å². The first kappa shape index (κ1) is 13.7. The van der Waals surface area contributed by atoms with Crippen LogP contribution in [0.1, 0.15) is 12.8 Å². The van der Waals surface area contributed by atoms with Gasteiger partial charge in [0.15, 0.2) is 0 Å². The van der Waals surface area contributed by atoms with Crippen LogP contribution in [0.25, 0.3) is 0 Å². The molecule has 2 atom stereocenters. The lowest BCUT2D eigenvalue weighted by molar-refractivity contribution is -0.335. The number of hydrogen-bond acceptors (Lipinski definition) is 4. The summed E-state index contributed by atoms with van der Waals surface area (Å²) in [6, 6.07) is 0.184. The fourth-order valence-electron chi connectivity index (χ4n) is 1.64. The maximum Gasteiger partial charge on any atom is 0.523 e. The Balaban J connectivity index is 2.08. The lowest BCUT2D eigenvalue weighted by Gasteiger charge is -2.19. The van der Waals surface area contributed by atoms with Gasteiger partial charge >= 0.3 is 6.36 Å². The van der Waals surface area contributed by atoms with E-state index in [4.69, 9.17) is 0 Å². The lowest BCUT2D eigenvalue weighted by atomic mass is 10.1.